The van der Waals surface area contributed by atoms with E-state index in [9.17, 15) is 17.6 Å². The first kappa shape index (κ1) is 15.9. The van der Waals surface area contributed by atoms with Gasteiger partial charge < -0.3 is 4.74 Å². The fourth-order valence-electron chi connectivity index (χ4n) is 1.36. The number of halogens is 2. The lowest BCUT2D eigenvalue weighted by molar-refractivity contribution is 0.00687. The first-order valence-corrected chi connectivity index (χ1v) is 7.71. The molecule has 0 fully saturated rings. The van der Waals surface area contributed by atoms with Crippen molar-refractivity contribution in [2.24, 2.45) is 0 Å². The minimum atomic E-state index is -4.13. The van der Waals surface area contributed by atoms with Crippen molar-refractivity contribution in [3.05, 3.63) is 29.1 Å². The molecule has 0 aliphatic heterocycles. The van der Waals surface area contributed by atoms with Crippen LogP contribution in [-0.4, -0.2) is 20.0 Å². The van der Waals surface area contributed by atoms with E-state index in [1.165, 1.54) is 6.92 Å². The van der Waals surface area contributed by atoms with Gasteiger partial charge in [0.25, 0.3) is 9.05 Å². The van der Waals surface area contributed by atoms with Crippen molar-refractivity contribution in [1.29, 1.82) is 0 Å². The molecule has 0 heterocycles. The summed E-state index contributed by atoms with van der Waals surface area (Å²) in [4.78, 5) is 11.3. The molecule has 1 aromatic rings. The molecule has 0 N–H and O–H groups in total. The summed E-state index contributed by atoms with van der Waals surface area (Å²) in [5.41, 5.74) is -1.10. The van der Waals surface area contributed by atoms with Crippen molar-refractivity contribution in [2.45, 2.75) is 38.2 Å². The van der Waals surface area contributed by atoms with E-state index in [-0.39, 0.29) is 11.1 Å². The molecule has 0 aliphatic carbocycles. The largest absolute Gasteiger partial charge is 0.456 e. The van der Waals surface area contributed by atoms with Crippen LogP contribution in [0, 0.1) is 12.7 Å². The maximum absolute atomic E-state index is 13.6. The topological polar surface area (TPSA) is 60.4 Å². The molecule has 0 saturated heterocycles. The maximum Gasteiger partial charge on any atom is 0.338 e. The van der Waals surface area contributed by atoms with E-state index in [0.717, 1.165) is 12.1 Å². The third-order valence-corrected chi connectivity index (χ3v) is 3.64. The fraction of sp³-hybridized carbons (Fsp3) is 0.417. The van der Waals surface area contributed by atoms with Gasteiger partial charge in [0.2, 0.25) is 0 Å². The number of carbonyl (C=O) groups excluding carboxylic acids is 1. The normalized spacial score (nSPS) is 12.3. The highest BCUT2D eigenvalue weighted by molar-refractivity contribution is 8.13. The summed E-state index contributed by atoms with van der Waals surface area (Å²) in [6.07, 6.45) is 0. The minimum absolute atomic E-state index is 0.137. The van der Waals surface area contributed by atoms with Gasteiger partial charge >= 0.3 is 5.97 Å². The highest BCUT2D eigenvalue weighted by atomic mass is 35.7. The second-order valence-corrected chi connectivity index (χ2v) is 7.56. The van der Waals surface area contributed by atoms with Gasteiger partial charge in [-0.25, -0.2) is 17.6 Å². The van der Waals surface area contributed by atoms with Crippen LogP contribution in [0.1, 0.15) is 36.7 Å². The molecule has 1 aromatic carbocycles. The number of benzene rings is 1. The fourth-order valence-corrected chi connectivity index (χ4v) is 2.57. The third-order valence-electron chi connectivity index (χ3n) is 2.19. The van der Waals surface area contributed by atoms with Gasteiger partial charge in [0.15, 0.2) is 0 Å². The summed E-state index contributed by atoms with van der Waals surface area (Å²) in [5.74, 6) is -1.64. The van der Waals surface area contributed by atoms with Crippen molar-refractivity contribution in [3.63, 3.8) is 0 Å². The van der Waals surface area contributed by atoms with E-state index >= 15 is 0 Å². The number of hydrogen-bond acceptors (Lipinski definition) is 4. The Labute approximate surface area is 115 Å². The molecule has 0 aromatic heterocycles. The molecular weight excluding hydrogens is 295 g/mol. The molecule has 0 amide bonds. The Balaban J connectivity index is 3.33. The first-order chi connectivity index (χ1) is 8.42. The summed E-state index contributed by atoms with van der Waals surface area (Å²) < 4.78 is 41.3. The van der Waals surface area contributed by atoms with Crippen LogP contribution in [0.2, 0.25) is 0 Å². The summed E-state index contributed by atoms with van der Waals surface area (Å²) >= 11 is 0. The van der Waals surface area contributed by atoms with Gasteiger partial charge in [-0.05, 0) is 39.8 Å². The van der Waals surface area contributed by atoms with E-state index in [1.54, 1.807) is 20.8 Å². The Morgan fingerprint density at radius 1 is 1.32 bits per heavy atom. The maximum atomic E-state index is 13.6. The van der Waals surface area contributed by atoms with Crippen LogP contribution in [0.15, 0.2) is 17.0 Å². The second-order valence-electron chi connectivity index (χ2n) is 5.02. The summed E-state index contributed by atoms with van der Waals surface area (Å²) in [7, 11) is 1.07. The van der Waals surface area contributed by atoms with Crippen molar-refractivity contribution in [2.75, 3.05) is 0 Å². The molecule has 0 saturated carbocycles. The molecule has 1 rings (SSSR count). The predicted molar refractivity (Wildman–Crippen MR) is 69.3 cm³/mol. The van der Waals surface area contributed by atoms with Crippen LogP contribution < -0.4 is 0 Å². The van der Waals surface area contributed by atoms with Crippen LogP contribution in [-0.2, 0) is 13.8 Å². The molecule has 0 bridgehead atoms. The first-order valence-electron chi connectivity index (χ1n) is 5.40. The Kier molecular flexibility index (Phi) is 4.27. The zero-order valence-corrected chi connectivity index (χ0v) is 12.5. The van der Waals surface area contributed by atoms with Crippen LogP contribution in [0.25, 0.3) is 0 Å². The molecule has 0 spiro atoms. The van der Waals surface area contributed by atoms with Crippen LogP contribution in [0.5, 0.6) is 0 Å². The van der Waals surface area contributed by atoms with E-state index < -0.39 is 31.3 Å². The third kappa shape index (κ3) is 4.18. The molecule has 106 valence electrons. The molecular formula is C12H14ClFO4S. The minimum Gasteiger partial charge on any atom is -0.456 e. The van der Waals surface area contributed by atoms with Gasteiger partial charge in [-0.1, -0.05) is 0 Å². The number of ether oxygens (including phenoxy) is 1. The number of rotatable bonds is 2. The number of esters is 1. The summed E-state index contributed by atoms with van der Waals surface area (Å²) in [5, 5.41) is 0. The SMILES string of the molecule is Cc1c(F)cc(C(=O)OC(C)(C)C)cc1S(=O)(=O)Cl. The summed E-state index contributed by atoms with van der Waals surface area (Å²) in [6.45, 7) is 6.21. The number of carbonyl (C=O) groups is 1. The molecule has 7 heteroatoms. The van der Waals surface area contributed by atoms with Crippen molar-refractivity contribution in [3.8, 4) is 0 Å². The lowest BCUT2D eigenvalue weighted by Gasteiger charge is -2.19. The highest BCUT2D eigenvalue weighted by Crippen LogP contribution is 2.25. The molecule has 0 unspecified atom stereocenters. The molecule has 0 atom stereocenters. The van der Waals surface area contributed by atoms with E-state index in [1.807, 2.05) is 0 Å². The van der Waals surface area contributed by atoms with Gasteiger partial charge in [-0.2, -0.15) is 0 Å². The second kappa shape index (κ2) is 5.09. The molecule has 19 heavy (non-hydrogen) atoms. The lowest BCUT2D eigenvalue weighted by atomic mass is 10.1. The molecule has 0 radical (unpaired) electrons. The zero-order chi connectivity index (χ0) is 15.0. The van der Waals surface area contributed by atoms with E-state index in [4.69, 9.17) is 15.4 Å². The van der Waals surface area contributed by atoms with E-state index in [2.05, 4.69) is 0 Å². The van der Waals surface area contributed by atoms with Crippen LogP contribution >= 0.6 is 10.7 Å². The lowest BCUT2D eigenvalue weighted by Crippen LogP contribution is -2.24. The molecule has 0 aliphatic rings. The average molecular weight is 309 g/mol. The monoisotopic (exact) mass is 308 g/mol. The standard InChI is InChI=1S/C12H14ClFO4S/c1-7-9(14)5-8(6-10(7)19(13,16)17)11(15)18-12(2,3)4/h5-6H,1-4H3. The highest BCUT2D eigenvalue weighted by Gasteiger charge is 2.23. The Morgan fingerprint density at radius 2 is 1.84 bits per heavy atom. The Morgan fingerprint density at radius 3 is 2.26 bits per heavy atom. The molecule has 4 nitrogen and oxygen atoms in total. The van der Waals surface area contributed by atoms with Gasteiger partial charge in [0.05, 0.1) is 10.5 Å². The average Bonchev–Trinajstić information content (AvgIpc) is 2.17. The van der Waals surface area contributed by atoms with Crippen molar-refractivity contribution >= 4 is 25.7 Å². The van der Waals surface area contributed by atoms with Crippen LogP contribution in [0.4, 0.5) is 4.39 Å². The zero-order valence-electron chi connectivity index (χ0n) is 11.0. The summed E-state index contributed by atoms with van der Waals surface area (Å²) in [6, 6.07) is 1.93. The quantitative estimate of drug-likeness (QED) is 0.622. The predicted octanol–water partition coefficient (Wildman–Crippen LogP) is 3.02. The van der Waals surface area contributed by atoms with Crippen molar-refractivity contribution < 1.29 is 22.3 Å². The van der Waals surface area contributed by atoms with Crippen molar-refractivity contribution in [1.82, 2.24) is 0 Å². The van der Waals surface area contributed by atoms with Crippen LogP contribution in [0.3, 0.4) is 0 Å². The smallest absolute Gasteiger partial charge is 0.338 e. The number of hydrogen-bond donors (Lipinski definition) is 0. The van der Waals surface area contributed by atoms with Gasteiger partial charge in [-0.15, -0.1) is 0 Å². The van der Waals surface area contributed by atoms with Gasteiger partial charge in [0, 0.05) is 16.2 Å². The Bertz CT molecular complexity index is 617. The van der Waals surface area contributed by atoms with E-state index in [0.29, 0.717) is 0 Å². The van der Waals surface area contributed by atoms with Gasteiger partial charge in [-0.3, -0.25) is 0 Å². The van der Waals surface area contributed by atoms with Gasteiger partial charge in [0.1, 0.15) is 11.4 Å². The Hall–Kier alpha value is -1.14.